The molecule has 0 aliphatic carbocycles. The van der Waals surface area contributed by atoms with Gasteiger partial charge in [0.05, 0.1) is 17.1 Å². The lowest BCUT2D eigenvalue weighted by molar-refractivity contribution is -0.122. The van der Waals surface area contributed by atoms with Gasteiger partial charge in [-0.2, -0.15) is 0 Å². The van der Waals surface area contributed by atoms with Crippen LogP contribution >= 0.6 is 0 Å². The highest BCUT2D eigenvalue weighted by Gasteiger charge is 2.32. The number of fused-ring (bicyclic) bond motifs is 3. The van der Waals surface area contributed by atoms with Crippen molar-refractivity contribution in [3.63, 3.8) is 0 Å². The van der Waals surface area contributed by atoms with Crippen molar-refractivity contribution in [1.82, 2.24) is 30.7 Å². The van der Waals surface area contributed by atoms with Gasteiger partial charge in [-0.1, -0.05) is 91.0 Å². The monoisotopic (exact) mass is 1350 g/mol. The second-order valence-electron chi connectivity index (χ2n) is 25.8. The van der Waals surface area contributed by atoms with Gasteiger partial charge in [0, 0.05) is 109 Å². The van der Waals surface area contributed by atoms with Crippen LogP contribution in [0.25, 0.3) is 0 Å². The van der Waals surface area contributed by atoms with Crippen molar-refractivity contribution >= 4 is 52.5 Å². The first-order valence-electron chi connectivity index (χ1n) is 35.5. The summed E-state index contributed by atoms with van der Waals surface area (Å²) in [6.07, 6.45) is 8.15. The van der Waals surface area contributed by atoms with Crippen LogP contribution in [0.1, 0.15) is 130 Å². The van der Waals surface area contributed by atoms with Crippen molar-refractivity contribution in [3.8, 4) is 17.2 Å². The number of para-hydroxylation sites is 6. The lowest BCUT2D eigenvalue weighted by Gasteiger charge is -2.35. The average Bonchev–Trinajstić information content (AvgIpc) is 1.02. The molecule has 0 spiro atoms. The molecule has 3 fully saturated rings. The second-order valence-corrected chi connectivity index (χ2v) is 25.8. The molecule has 4 N–H and O–H groups in total. The van der Waals surface area contributed by atoms with Gasteiger partial charge in [0.15, 0.2) is 19.8 Å². The topological polar surface area (TPSA) is 224 Å². The minimum absolute atomic E-state index is 0.000256. The molecule has 21 heteroatoms. The van der Waals surface area contributed by atoms with Crippen LogP contribution in [-0.2, 0) is 23.9 Å². The maximum Gasteiger partial charge on any atom is 0.265 e. The summed E-state index contributed by atoms with van der Waals surface area (Å²) in [5, 5.41) is 17.9. The number of benzene rings is 6. The number of nitrogens with zero attached hydrogens (tertiary/aromatic N) is 6. The predicted molar refractivity (Wildman–Crippen MR) is 384 cm³/mol. The molecule has 0 atom stereocenters. The summed E-state index contributed by atoms with van der Waals surface area (Å²) in [5.74, 6) is 3.33. The van der Waals surface area contributed by atoms with Crippen LogP contribution in [0.2, 0.25) is 0 Å². The minimum atomic E-state index is -0.0685. The smallest absolute Gasteiger partial charge is 0.265 e. The summed E-state index contributed by atoms with van der Waals surface area (Å²) in [6, 6.07) is 46.9. The van der Waals surface area contributed by atoms with Crippen LogP contribution in [-0.4, -0.2) is 207 Å². The third-order valence-electron chi connectivity index (χ3n) is 19.4. The normalized spacial score (nSPS) is 16.9. The predicted octanol–water partition coefficient (Wildman–Crippen LogP) is 8.91. The zero-order valence-electron chi connectivity index (χ0n) is 57.6. The molecule has 3 saturated heterocycles. The average molecular weight is 1350 g/mol. The molecule has 0 saturated carbocycles. The van der Waals surface area contributed by atoms with Gasteiger partial charge >= 0.3 is 0 Å². The van der Waals surface area contributed by atoms with E-state index in [1.165, 1.54) is 0 Å². The Hall–Kier alpha value is -8.70. The number of carbonyl (C=O) groups is 6. The molecule has 6 heterocycles. The highest BCUT2D eigenvalue weighted by atomic mass is 16.5. The Bertz CT molecular complexity index is 3610. The summed E-state index contributed by atoms with van der Waals surface area (Å²) in [5.41, 5.74) is 8.24. The number of ether oxygens (including phenoxy) is 5. The number of rotatable bonds is 27. The SMILES string of the molecule is CCOCCCNC(=O)c1ccccc1C1CCN(CCN2C(=O)COc3ccccc32)CC1.COCCCNC(=O)c1ccccc1C1CCN(CCN2C(=O)COc3ccccc32)CC1.O=C(NCCCO)c1ccccc1C1CCN(CCN2C(=O)COc3ccccc32)CC1. The lowest BCUT2D eigenvalue weighted by atomic mass is 9.86. The van der Waals surface area contributed by atoms with Gasteiger partial charge in [-0.3, -0.25) is 28.8 Å². The van der Waals surface area contributed by atoms with E-state index in [0.29, 0.717) is 83.3 Å². The van der Waals surface area contributed by atoms with Gasteiger partial charge in [0.2, 0.25) is 0 Å². The van der Waals surface area contributed by atoms with E-state index in [1.54, 1.807) is 7.11 Å². The number of hydrogen-bond donors (Lipinski definition) is 4. The number of piperidine rings is 3. The largest absolute Gasteiger partial charge is 0.482 e. The number of amides is 6. The number of likely N-dealkylation sites (tertiary alicyclic amines) is 3. The van der Waals surface area contributed by atoms with E-state index in [1.807, 2.05) is 149 Å². The fraction of sp³-hybridized carbons (Fsp3) is 0.462. The Morgan fingerprint density at radius 3 is 1.05 bits per heavy atom. The third-order valence-corrected chi connectivity index (χ3v) is 19.4. The Labute approximate surface area is 583 Å². The van der Waals surface area contributed by atoms with Gasteiger partial charge in [0.1, 0.15) is 17.2 Å². The van der Waals surface area contributed by atoms with E-state index in [0.717, 1.165) is 178 Å². The maximum absolute atomic E-state index is 12.8. The number of anilines is 3. The first-order valence-corrected chi connectivity index (χ1v) is 35.5. The first kappa shape index (κ1) is 73.0. The maximum atomic E-state index is 12.8. The van der Waals surface area contributed by atoms with E-state index in [9.17, 15) is 28.8 Å². The van der Waals surface area contributed by atoms with Crippen molar-refractivity contribution in [3.05, 3.63) is 179 Å². The van der Waals surface area contributed by atoms with Gasteiger partial charge < -0.3 is 74.1 Å². The lowest BCUT2D eigenvalue weighted by Crippen LogP contribution is -2.45. The zero-order chi connectivity index (χ0) is 69.1. The molecule has 6 aliphatic rings. The molecule has 21 nitrogen and oxygen atoms in total. The van der Waals surface area contributed by atoms with Crippen LogP contribution in [0, 0.1) is 0 Å². The van der Waals surface area contributed by atoms with Gasteiger partial charge in [-0.25, -0.2) is 0 Å². The van der Waals surface area contributed by atoms with Crippen LogP contribution in [0.5, 0.6) is 17.2 Å². The molecule has 0 aromatic heterocycles. The fourth-order valence-corrected chi connectivity index (χ4v) is 14.0. The number of methoxy groups -OCH3 is 1. The van der Waals surface area contributed by atoms with Crippen LogP contribution < -0.4 is 44.9 Å². The summed E-state index contributed by atoms with van der Waals surface area (Å²) >= 11 is 0. The third kappa shape index (κ3) is 20.3. The molecule has 6 aromatic carbocycles. The Balaban J connectivity index is 0.000000161. The molecule has 99 heavy (non-hydrogen) atoms. The molecular weight excluding hydrogens is 1250 g/mol. The molecule has 0 radical (unpaired) electrons. The Kier molecular flexibility index (Phi) is 28.1. The Morgan fingerprint density at radius 1 is 0.424 bits per heavy atom. The minimum Gasteiger partial charge on any atom is -0.482 e. The number of aliphatic hydroxyl groups is 1. The van der Waals surface area contributed by atoms with Crippen LogP contribution in [0.3, 0.4) is 0 Å². The first-order chi connectivity index (χ1) is 48.5. The van der Waals surface area contributed by atoms with Crippen molar-refractivity contribution in [1.29, 1.82) is 0 Å². The molecule has 6 aromatic rings. The van der Waals surface area contributed by atoms with E-state index >= 15 is 0 Å². The highest BCUT2D eigenvalue weighted by Crippen LogP contribution is 2.37. The summed E-state index contributed by atoms with van der Waals surface area (Å²) in [7, 11) is 1.67. The molecular formula is C78H99N9O12. The fourth-order valence-electron chi connectivity index (χ4n) is 14.0. The summed E-state index contributed by atoms with van der Waals surface area (Å²) < 4.78 is 27.0. The number of nitrogens with one attached hydrogen (secondary N) is 3. The van der Waals surface area contributed by atoms with E-state index in [-0.39, 0.29) is 61.9 Å². The summed E-state index contributed by atoms with van der Waals surface area (Å²) in [6.45, 7) is 16.2. The summed E-state index contributed by atoms with van der Waals surface area (Å²) in [4.78, 5) is 88.1. The van der Waals surface area contributed by atoms with E-state index in [4.69, 9.17) is 28.8 Å². The molecule has 12 rings (SSSR count). The molecule has 6 amide bonds. The van der Waals surface area contributed by atoms with Gasteiger partial charge in [-0.15, -0.1) is 0 Å². The quantitative estimate of drug-likeness (QED) is 0.0354. The van der Waals surface area contributed by atoms with Crippen molar-refractivity contribution in [2.24, 2.45) is 0 Å². The van der Waals surface area contributed by atoms with E-state index < -0.39 is 0 Å². The van der Waals surface area contributed by atoms with Gasteiger partial charge in [-0.05, 0) is 193 Å². The highest BCUT2D eigenvalue weighted by molar-refractivity contribution is 6.00. The second kappa shape index (κ2) is 38.0. The van der Waals surface area contributed by atoms with E-state index in [2.05, 4.69) is 48.8 Å². The number of carbonyl (C=O) groups excluding carboxylic acids is 6. The number of aliphatic hydroxyl groups excluding tert-OH is 1. The Morgan fingerprint density at radius 2 is 0.727 bits per heavy atom. The van der Waals surface area contributed by atoms with Crippen molar-refractivity contribution < 1.29 is 57.6 Å². The van der Waals surface area contributed by atoms with Gasteiger partial charge in [0.25, 0.3) is 35.4 Å². The molecule has 0 unspecified atom stereocenters. The van der Waals surface area contributed by atoms with Crippen LogP contribution in [0.4, 0.5) is 17.1 Å². The molecule has 0 bridgehead atoms. The standard InChI is InChI=1S/C27H35N3O4.C26H33N3O4.C25H31N3O4/c1-2-33-19-7-14-28-27(32)23-9-4-3-8-22(23)21-12-15-29(16-13-21)17-18-30-24-10-5-6-11-25(24)34-20-26(30)31;1-32-18-6-13-27-26(31)22-8-3-2-7-21(22)20-11-14-28(15-12-20)16-17-29-23-9-4-5-10-24(23)33-19-25(29)30;29-17-5-12-26-25(31)21-7-2-1-6-20(21)19-10-13-27(14-11-19)15-16-28-22-8-3-4-9-23(22)32-18-24(28)30/h3-6,8-11,21H,2,7,12-20H2,1H3,(H,28,32);2-5,7-10,20H,6,11-19H2,1H3,(H,27,31);1-4,6-9,19,29H,5,10-18H2,(H,26,31). The van der Waals surface area contributed by atoms with Crippen molar-refractivity contribution in [2.75, 3.05) is 166 Å². The van der Waals surface area contributed by atoms with Crippen molar-refractivity contribution in [2.45, 2.75) is 82.5 Å². The molecule has 528 valence electrons. The molecule has 6 aliphatic heterocycles. The van der Waals surface area contributed by atoms with Crippen LogP contribution in [0.15, 0.2) is 146 Å². The number of hydrogen-bond acceptors (Lipinski definition) is 15. The zero-order valence-corrected chi connectivity index (χ0v) is 57.6.